The Hall–Kier alpha value is 3.13. The third-order valence-electron chi connectivity index (χ3n) is 0. The summed E-state index contributed by atoms with van der Waals surface area (Å²) in [4.78, 5) is 0. The van der Waals surface area contributed by atoms with Crippen LogP contribution < -0.4 is 51.4 Å². The molecule has 0 aromatic heterocycles. The Labute approximate surface area is 108 Å². The van der Waals surface area contributed by atoms with Crippen LogP contribution in [0.2, 0.25) is 0 Å². The van der Waals surface area contributed by atoms with Crippen LogP contribution in [0.3, 0.4) is 0 Å². The van der Waals surface area contributed by atoms with Crippen molar-refractivity contribution in [3.05, 3.63) is 0 Å². The second-order valence-electron chi connectivity index (χ2n) is 0. The maximum Gasteiger partial charge on any atom is 2.00 e. The van der Waals surface area contributed by atoms with Gasteiger partial charge in [0.1, 0.15) is 0 Å². The topological polar surface area (TPSA) is 58.5 Å². The third kappa shape index (κ3) is 8.93. The molecule has 1 N–H and O–H groups in total. The molecule has 0 aliphatic rings. The zero-order valence-electron chi connectivity index (χ0n) is 2.56. The molecular formula is HBaKO2. The van der Waals surface area contributed by atoms with E-state index in [0.29, 0.717) is 0 Å². The molecule has 0 saturated carbocycles. The predicted molar refractivity (Wildman–Crippen MR) is 8.38 cm³/mol. The van der Waals surface area contributed by atoms with E-state index in [1.165, 1.54) is 0 Å². The van der Waals surface area contributed by atoms with E-state index < -0.39 is 0 Å². The van der Waals surface area contributed by atoms with Crippen molar-refractivity contribution in [2.24, 2.45) is 0 Å². The van der Waals surface area contributed by atoms with Gasteiger partial charge < -0.3 is 11.0 Å². The van der Waals surface area contributed by atoms with Crippen molar-refractivity contribution in [1.29, 1.82) is 0 Å². The smallest absolute Gasteiger partial charge is 2.00 e. The van der Waals surface area contributed by atoms with Gasteiger partial charge in [-0.05, 0) is 0 Å². The van der Waals surface area contributed by atoms with E-state index >= 15 is 0 Å². The molecule has 0 aromatic carbocycles. The van der Waals surface area contributed by atoms with Crippen molar-refractivity contribution >= 4 is 48.9 Å². The van der Waals surface area contributed by atoms with Gasteiger partial charge in [0.2, 0.25) is 0 Å². The second kappa shape index (κ2) is 16.5. The number of hydrogen-bond acceptors (Lipinski definition) is 1. The van der Waals surface area contributed by atoms with Crippen molar-refractivity contribution in [2.45, 2.75) is 0 Å². The average molecular weight is 209 g/mol. The van der Waals surface area contributed by atoms with Gasteiger partial charge in [0.15, 0.2) is 0 Å². The minimum absolute atomic E-state index is 0. The van der Waals surface area contributed by atoms with Gasteiger partial charge in [-0.15, -0.1) is 0 Å². The summed E-state index contributed by atoms with van der Waals surface area (Å²) in [6, 6.07) is 0. The van der Waals surface area contributed by atoms with Crippen molar-refractivity contribution < 1.29 is 62.3 Å². The molecule has 0 spiro atoms. The quantitative estimate of drug-likeness (QED) is 0.379. The Kier molecular flexibility index (Phi) is 113. The van der Waals surface area contributed by atoms with Crippen LogP contribution in [-0.4, -0.2) is 54.4 Å². The summed E-state index contributed by atoms with van der Waals surface area (Å²) < 4.78 is 0. The first kappa shape index (κ1) is 27.4. The van der Waals surface area contributed by atoms with Crippen LogP contribution in [0.25, 0.3) is 0 Å². The molecule has 0 aromatic rings. The molecule has 0 aliphatic heterocycles. The maximum absolute atomic E-state index is 0. The molecule has 0 bridgehead atoms. The van der Waals surface area contributed by atoms with E-state index in [1.807, 2.05) is 0 Å². The van der Waals surface area contributed by atoms with Crippen LogP contribution in [-0.2, 0) is 5.48 Å². The molecule has 2 nitrogen and oxygen atoms in total. The molecule has 4 heavy (non-hydrogen) atoms. The maximum atomic E-state index is 0. The fourth-order valence-electron chi connectivity index (χ4n) is 0. The van der Waals surface area contributed by atoms with Gasteiger partial charge in [-0.1, -0.05) is 0 Å². The van der Waals surface area contributed by atoms with Gasteiger partial charge in [0, 0.05) is 0 Å². The first-order valence-electron chi connectivity index (χ1n) is 0. The first-order chi connectivity index (χ1) is 0. The minimum Gasteiger partial charge on any atom is -2.00 e. The Morgan fingerprint density at radius 1 is 1.00 bits per heavy atom. The summed E-state index contributed by atoms with van der Waals surface area (Å²) >= 11 is 0. The Balaban J connectivity index is 0. The molecule has 0 atom stereocenters. The summed E-state index contributed by atoms with van der Waals surface area (Å²) in [7, 11) is 0. The molecule has 16 valence electrons. The number of hydrogen-bond donors (Lipinski definition) is 0. The van der Waals surface area contributed by atoms with Crippen LogP contribution in [0.4, 0.5) is 0 Å². The van der Waals surface area contributed by atoms with E-state index in [-0.39, 0.29) is 111 Å². The standard InChI is InChI=1S/Ba.K.H2O.O/h;;1H2;/q+2;+1;;-2/p-1. The van der Waals surface area contributed by atoms with E-state index in [4.69, 9.17) is 0 Å². The van der Waals surface area contributed by atoms with Gasteiger partial charge in [-0.3, -0.25) is 0 Å². The molecule has 0 unspecified atom stereocenters. The van der Waals surface area contributed by atoms with Crippen molar-refractivity contribution in [3.63, 3.8) is 0 Å². The van der Waals surface area contributed by atoms with Gasteiger partial charge in [-0.2, -0.15) is 0 Å². The zero-order valence-corrected chi connectivity index (χ0v) is 10.1. The molecule has 0 fully saturated rings. The fourth-order valence-corrected chi connectivity index (χ4v) is 0. The molecule has 0 rings (SSSR count). The van der Waals surface area contributed by atoms with Gasteiger partial charge in [-0.25, -0.2) is 0 Å². The van der Waals surface area contributed by atoms with Crippen LogP contribution >= 0.6 is 0 Å². The molecule has 0 radical (unpaired) electrons. The fraction of sp³-hybridized carbons (Fsp3) is 0. The Bertz CT molecular complexity index is 6.00. The normalized spacial score (nSPS) is 0. The van der Waals surface area contributed by atoms with Gasteiger partial charge in [0.05, 0.1) is 0 Å². The van der Waals surface area contributed by atoms with Crippen LogP contribution in [0.5, 0.6) is 0 Å². The molecular weight excluding hydrogens is 208 g/mol. The molecule has 4 heteroatoms. The van der Waals surface area contributed by atoms with Gasteiger partial charge in [0.25, 0.3) is 0 Å². The summed E-state index contributed by atoms with van der Waals surface area (Å²) in [5.41, 5.74) is 0. The van der Waals surface area contributed by atoms with Crippen LogP contribution in [0.1, 0.15) is 0 Å². The molecule has 0 amide bonds. The SMILES string of the molecule is [Ba+2].[K+].[O-2].[OH-]. The first-order valence-corrected chi connectivity index (χ1v) is 0. The van der Waals surface area contributed by atoms with Crippen molar-refractivity contribution in [1.82, 2.24) is 0 Å². The van der Waals surface area contributed by atoms with Gasteiger partial charge >= 0.3 is 100 Å². The average Bonchev–Trinajstić information content (AvgIpc) is 0. The second-order valence-corrected chi connectivity index (χ2v) is 0. The molecule has 0 saturated heterocycles. The Morgan fingerprint density at radius 3 is 1.00 bits per heavy atom. The number of rotatable bonds is 0. The minimum atomic E-state index is 0. The summed E-state index contributed by atoms with van der Waals surface area (Å²) in [6.07, 6.45) is 0. The zero-order chi connectivity index (χ0) is 0. The molecule has 0 heterocycles. The molecule has 0 aliphatic carbocycles. The van der Waals surface area contributed by atoms with E-state index in [2.05, 4.69) is 0 Å². The van der Waals surface area contributed by atoms with E-state index in [1.54, 1.807) is 0 Å². The van der Waals surface area contributed by atoms with Crippen molar-refractivity contribution in [3.8, 4) is 0 Å². The third-order valence-corrected chi connectivity index (χ3v) is 0. The van der Waals surface area contributed by atoms with Crippen LogP contribution in [0, 0.1) is 0 Å². The van der Waals surface area contributed by atoms with Crippen LogP contribution in [0.15, 0.2) is 0 Å². The summed E-state index contributed by atoms with van der Waals surface area (Å²) in [5.74, 6) is 0. The van der Waals surface area contributed by atoms with Crippen molar-refractivity contribution in [2.75, 3.05) is 0 Å². The van der Waals surface area contributed by atoms with E-state index in [0.717, 1.165) is 0 Å². The largest absolute Gasteiger partial charge is 2.00 e. The Morgan fingerprint density at radius 2 is 1.00 bits per heavy atom. The monoisotopic (exact) mass is 210 g/mol. The predicted octanol–water partition coefficient (Wildman–Crippen LogP) is -3.67. The van der Waals surface area contributed by atoms with E-state index in [9.17, 15) is 0 Å². The summed E-state index contributed by atoms with van der Waals surface area (Å²) in [5, 5.41) is 0. The summed E-state index contributed by atoms with van der Waals surface area (Å²) in [6.45, 7) is 0.